The van der Waals surface area contributed by atoms with Gasteiger partial charge in [-0.1, -0.05) is 0 Å². The van der Waals surface area contributed by atoms with Gasteiger partial charge in [-0.15, -0.1) is 0 Å². The van der Waals surface area contributed by atoms with Crippen LogP contribution in [0.4, 0.5) is 0 Å². The minimum absolute atomic E-state index is 0.147. The van der Waals surface area contributed by atoms with Crippen LogP contribution in [0, 0.1) is 3.70 Å². The summed E-state index contributed by atoms with van der Waals surface area (Å²) in [6.07, 6.45) is -2.82. The number of ether oxygens (including phenoxy) is 4. The molecule has 1 aliphatic heterocycles. The molecule has 2 heterocycles. The van der Waals surface area contributed by atoms with Crippen LogP contribution in [0.25, 0.3) is 0 Å². The number of amides is 1. The maximum absolute atomic E-state index is 11.6. The molecule has 0 aromatic carbocycles. The molecule has 0 saturated carbocycles. The van der Waals surface area contributed by atoms with Gasteiger partial charge in [0.2, 0.25) is 0 Å². The molecule has 11 nitrogen and oxygen atoms in total. The van der Waals surface area contributed by atoms with Crippen molar-refractivity contribution in [3.05, 3.63) is 15.5 Å². The predicted molar refractivity (Wildman–Crippen MR) is 95.1 cm³/mol. The van der Waals surface area contributed by atoms with Gasteiger partial charge in [0.05, 0.1) is 11.8 Å². The Kier molecular flexibility index (Phi) is 6.75. The first-order valence-electron chi connectivity index (χ1n) is 7.77. The summed E-state index contributed by atoms with van der Waals surface area (Å²) in [5.41, 5.74) is 5.44. The van der Waals surface area contributed by atoms with Crippen molar-refractivity contribution >= 4 is 46.4 Å². The molecule has 0 unspecified atom stereocenters. The Balaban J connectivity index is 2.41. The lowest BCUT2D eigenvalue weighted by molar-refractivity contribution is -0.166. The number of carbonyl (C=O) groups excluding carboxylic acids is 4. The van der Waals surface area contributed by atoms with Gasteiger partial charge in [0.25, 0.3) is 5.91 Å². The summed E-state index contributed by atoms with van der Waals surface area (Å²) < 4.78 is 22.9. The van der Waals surface area contributed by atoms with E-state index in [1.165, 1.54) is 31.6 Å². The molecule has 148 valence electrons. The molecule has 1 fully saturated rings. The maximum atomic E-state index is 11.6. The highest BCUT2D eigenvalue weighted by atomic mass is 127. The molecule has 0 aliphatic carbocycles. The highest BCUT2D eigenvalue weighted by Gasteiger charge is 2.51. The van der Waals surface area contributed by atoms with Gasteiger partial charge in [-0.25, -0.2) is 4.68 Å². The number of nitrogens with zero attached hydrogens (tertiary/aromatic N) is 2. The van der Waals surface area contributed by atoms with Crippen LogP contribution >= 0.6 is 22.6 Å². The maximum Gasteiger partial charge on any atom is 0.303 e. The van der Waals surface area contributed by atoms with Crippen molar-refractivity contribution in [1.82, 2.24) is 9.78 Å². The lowest BCUT2D eigenvalue weighted by Crippen LogP contribution is -2.40. The van der Waals surface area contributed by atoms with Crippen LogP contribution in [0.5, 0.6) is 0 Å². The molecule has 1 amide bonds. The minimum atomic E-state index is -1.08. The zero-order valence-electron chi connectivity index (χ0n) is 14.7. The first-order chi connectivity index (χ1) is 12.6. The van der Waals surface area contributed by atoms with E-state index in [0.29, 0.717) is 3.70 Å². The fourth-order valence-electron chi connectivity index (χ4n) is 2.58. The van der Waals surface area contributed by atoms with Gasteiger partial charge in [0.15, 0.2) is 18.4 Å². The molecule has 0 bridgehead atoms. The molecule has 1 saturated heterocycles. The first-order valence-corrected chi connectivity index (χ1v) is 8.85. The van der Waals surface area contributed by atoms with Gasteiger partial charge >= 0.3 is 17.9 Å². The average Bonchev–Trinajstić information content (AvgIpc) is 3.06. The number of carbonyl (C=O) groups is 4. The van der Waals surface area contributed by atoms with Gasteiger partial charge < -0.3 is 24.7 Å². The zero-order chi connectivity index (χ0) is 20.3. The summed E-state index contributed by atoms with van der Waals surface area (Å²) in [5, 5.41) is 4.06. The Labute approximate surface area is 167 Å². The van der Waals surface area contributed by atoms with Crippen LogP contribution in [0.2, 0.25) is 0 Å². The minimum Gasteiger partial charge on any atom is -0.463 e. The number of hydrogen-bond donors (Lipinski definition) is 1. The summed E-state index contributed by atoms with van der Waals surface area (Å²) >= 11 is 1.84. The monoisotopic (exact) mass is 495 g/mol. The molecule has 0 spiro atoms. The topological polar surface area (TPSA) is 149 Å². The lowest BCUT2D eigenvalue weighted by Gasteiger charge is -2.23. The van der Waals surface area contributed by atoms with E-state index in [9.17, 15) is 19.2 Å². The smallest absolute Gasteiger partial charge is 0.303 e. The van der Waals surface area contributed by atoms with E-state index in [-0.39, 0.29) is 12.2 Å². The van der Waals surface area contributed by atoms with Gasteiger partial charge in [-0.3, -0.25) is 19.2 Å². The van der Waals surface area contributed by atoms with E-state index in [1.807, 2.05) is 22.6 Å². The molecule has 1 aliphatic rings. The Morgan fingerprint density at radius 2 is 1.74 bits per heavy atom. The molecule has 27 heavy (non-hydrogen) atoms. The van der Waals surface area contributed by atoms with Crippen molar-refractivity contribution in [3.63, 3.8) is 0 Å². The number of rotatable bonds is 6. The quantitative estimate of drug-likeness (QED) is 0.325. The molecule has 2 N–H and O–H groups in total. The number of esters is 3. The number of halogens is 1. The number of primary amides is 1. The van der Waals surface area contributed by atoms with Gasteiger partial charge in [0.1, 0.15) is 16.4 Å². The van der Waals surface area contributed by atoms with Crippen LogP contribution in [0.15, 0.2) is 6.20 Å². The standard InChI is InChI=1S/C15H18IN3O8/c1-6(20)24-5-10-11(25-7(2)21)12(26-8(3)22)15(27-10)19-13(16)9(4-18-19)14(17)23/h4,10-12,15H,5H2,1-3H3,(H2,17,23)/t10-,11-,12-,15-/m1/s1. The summed E-state index contributed by atoms with van der Waals surface area (Å²) in [6.45, 7) is 3.35. The third-order valence-corrected chi connectivity index (χ3v) is 4.66. The van der Waals surface area contributed by atoms with Crippen molar-refractivity contribution in [2.75, 3.05) is 6.61 Å². The molecule has 0 radical (unpaired) electrons. The molecule has 1 aromatic heterocycles. The van der Waals surface area contributed by atoms with Crippen molar-refractivity contribution in [1.29, 1.82) is 0 Å². The average molecular weight is 495 g/mol. The number of aromatic nitrogens is 2. The van der Waals surface area contributed by atoms with Crippen LogP contribution in [-0.2, 0) is 33.3 Å². The number of hydrogen-bond acceptors (Lipinski definition) is 9. The molecular weight excluding hydrogens is 477 g/mol. The molecule has 2 rings (SSSR count). The highest BCUT2D eigenvalue weighted by Crippen LogP contribution is 2.35. The Morgan fingerprint density at radius 3 is 2.22 bits per heavy atom. The first kappa shape index (κ1) is 21.1. The van der Waals surface area contributed by atoms with E-state index in [0.717, 1.165) is 0 Å². The Morgan fingerprint density at radius 1 is 1.15 bits per heavy atom. The van der Waals surface area contributed by atoms with E-state index < -0.39 is 48.4 Å². The van der Waals surface area contributed by atoms with E-state index >= 15 is 0 Å². The second-order valence-electron chi connectivity index (χ2n) is 5.67. The summed E-state index contributed by atoms with van der Waals surface area (Å²) in [5.74, 6) is -2.53. The summed E-state index contributed by atoms with van der Waals surface area (Å²) in [4.78, 5) is 45.7. The second kappa shape index (κ2) is 8.65. The van der Waals surface area contributed by atoms with Crippen LogP contribution in [-0.4, -0.2) is 58.5 Å². The second-order valence-corrected chi connectivity index (χ2v) is 6.70. The van der Waals surface area contributed by atoms with E-state index in [1.54, 1.807) is 0 Å². The molecule has 12 heteroatoms. The molecular formula is C15H18IN3O8. The fourth-order valence-corrected chi connectivity index (χ4v) is 3.38. The van der Waals surface area contributed by atoms with Gasteiger partial charge in [-0.05, 0) is 22.6 Å². The third kappa shape index (κ3) is 4.94. The van der Waals surface area contributed by atoms with Crippen LogP contribution < -0.4 is 5.73 Å². The Hall–Kier alpha value is -2.22. The summed E-state index contributed by atoms with van der Waals surface area (Å²) in [7, 11) is 0. The van der Waals surface area contributed by atoms with E-state index in [4.69, 9.17) is 24.7 Å². The number of nitrogens with two attached hydrogens (primary N) is 1. The predicted octanol–water partition coefficient (Wildman–Crippen LogP) is -0.0895. The zero-order valence-corrected chi connectivity index (χ0v) is 16.9. The molecule has 4 atom stereocenters. The third-order valence-electron chi connectivity index (χ3n) is 3.58. The van der Waals surface area contributed by atoms with Crippen molar-refractivity contribution in [2.45, 2.75) is 45.3 Å². The Bertz CT molecular complexity index is 764. The largest absolute Gasteiger partial charge is 0.463 e. The van der Waals surface area contributed by atoms with Crippen molar-refractivity contribution < 1.29 is 38.1 Å². The van der Waals surface area contributed by atoms with Crippen molar-refractivity contribution in [3.8, 4) is 0 Å². The highest BCUT2D eigenvalue weighted by molar-refractivity contribution is 14.1. The lowest BCUT2D eigenvalue weighted by atomic mass is 10.1. The van der Waals surface area contributed by atoms with Crippen LogP contribution in [0.1, 0.15) is 37.4 Å². The van der Waals surface area contributed by atoms with Gasteiger partial charge in [0, 0.05) is 20.8 Å². The fraction of sp³-hybridized carbons (Fsp3) is 0.533. The summed E-state index contributed by atoms with van der Waals surface area (Å²) in [6, 6.07) is 0. The SMILES string of the molecule is CC(=O)OC[C@H]1O[C@@H](n2ncc(C(N)=O)c2I)[C@H](OC(C)=O)[C@@H]1OC(C)=O. The van der Waals surface area contributed by atoms with E-state index in [2.05, 4.69) is 5.10 Å². The van der Waals surface area contributed by atoms with Crippen LogP contribution in [0.3, 0.4) is 0 Å². The molecule has 1 aromatic rings. The van der Waals surface area contributed by atoms with Crippen molar-refractivity contribution in [2.24, 2.45) is 5.73 Å². The normalized spacial score (nSPS) is 24.3. The van der Waals surface area contributed by atoms with Gasteiger partial charge in [-0.2, -0.15) is 5.10 Å².